The summed E-state index contributed by atoms with van der Waals surface area (Å²) in [5.74, 6) is 0.0559. The third kappa shape index (κ3) is 6.16. The van der Waals surface area contributed by atoms with Crippen molar-refractivity contribution in [3.8, 4) is 5.88 Å². The Kier molecular flexibility index (Phi) is 7.03. The minimum absolute atomic E-state index is 0.0240. The van der Waals surface area contributed by atoms with Crippen molar-refractivity contribution in [2.75, 3.05) is 60.2 Å². The normalized spacial score (nSPS) is 19.7. The minimum Gasteiger partial charge on any atom is -0.477 e. The molecule has 3 aliphatic rings. The van der Waals surface area contributed by atoms with E-state index in [1.807, 2.05) is 0 Å². The number of nitrogens with zero attached hydrogens (tertiary/aromatic N) is 2. The Hall–Kier alpha value is -2.89. The van der Waals surface area contributed by atoms with Crippen LogP contribution in [0.15, 0.2) is 36.4 Å². The average molecular weight is 531 g/mol. The highest BCUT2D eigenvalue weighted by Crippen LogP contribution is 2.54. The first-order valence-corrected chi connectivity index (χ1v) is 14.3. The maximum Gasteiger partial charge on any atom is 0.258 e. The SMILES string of the molecule is CC1(COc2cccc(NC(=O)c3ccc(NS(=O)(=O)CCO)cc3N3CCC4(CC3)CC4)n2)COC1. The van der Waals surface area contributed by atoms with Crippen molar-refractivity contribution in [3.05, 3.63) is 42.0 Å². The van der Waals surface area contributed by atoms with E-state index in [4.69, 9.17) is 14.6 Å². The van der Waals surface area contributed by atoms with Gasteiger partial charge in [0.1, 0.15) is 5.82 Å². The molecule has 2 saturated heterocycles. The number of carbonyl (C=O) groups is 1. The van der Waals surface area contributed by atoms with Gasteiger partial charge in [0.2, 0.25) is 15.9 Å². The summed E-state index contributed by atoms with van der Waals surface area (Å²) in [6.07, 6.45) is 4.62. The molecule has 0 atom stereocenters. The highest BCUT2D eigenvalue weighted by Gasteiger charge is 2.44. The van der Waals surface area contributed by atoms with Crippen molar-refractivity contribution in [1.29, 1.82) is 0 Å². The number of rotatable bonds is 10. The summed E-state index contributed by atoms with van der Waals surface area (Å²) < 4.78 is 38.0. The molecule has 0 radical (unpaired) electrons. The Morgan fingerprint density at radius 3 is 2.57 bits per heavy atom. The Labute approximate surface area is 217 Å². The highest BCUT2D eigenvalue weighted by molar-refractivity contribution is 7.92. The molecule has 1 saturated carbocycles. The Morgan fingerprint density at radius 2 is 1.92 bits per heavy atom. The van der Waals surface area contributed by atoms with Crippen LogP contribution >= 0.6 is 0 Å². The number of pyridine rings is 1. The molecule has 1 aromatic carbocycles. The van der Waals surface area contributed by atoms with Gasteiger partial charge in [-0.1, -0.05) is 13.0 Å². The molecule has 3 heterocycles. The van der Waals surface area contributed by atoms with Crippen LogP contribution in [-0.4, -0.2) is 69.7 Å². The zero-order chi connectivity index (χ0) is 26.1. The number of nitrogens with one attached hydrogen (secondary N) is 2. The molecule has 1 aromatic heterocycles. The number of hydrogen-bond acceptors (Lipinski definition) is 8. The fourth-order valence-corrected chi connectivity index (χ4v) is 5.66. The molecule has 2 aromatic rings. The molecule has 1 amide bonds. The predicted molar refractivity (Wildman–Crippen MR) is 141 cm³/mol. The van der Waals surface area contributed by atoms with Crippen LogP contribution in [0.2, 0.25) is 0 Å². The molecular formula is C26H34N4O6S. The largest absolute Gasteiger partial charge is 0.477 e. The molecule has 5 rings (SSSR count). The van der Waals surface area contributed by atoms with Crippen molar-refractivity contribution >= 4 is 33.1 Å². The van der Waals surface area contributed by atoms with Gasteiger partial charge in [-0.2, -0.15) is 4.98 Å². The van der Waals surface area contributed by atoms with Gasteiger partial charge in [-0.15, -0.1) is 0 Å². The van der Waals surface area contributed by atoms with Crippen molar-refractivity contribution < 1.29 is 27.8 Å². The monoisotopic (exact) mass is 530 g/mol. The molecule has 200 valence electrons. The van der Waals surface area contributed by atoms with Crippen LogP contribution in [0.25, 0.3) is 0 Å². The lowest BCUT2D eigenvalue weighted by molar-refractivity contribution is -0.120. The summed E-state index contributed by atoms with van der Waals surface area (Å²) in [5.41, 5.74) is 1.89. The summed E-state index contributed by atoms with van der Waals surface area (Å²) in [6, 6.07) is 10.1. The van der Waals surface area contributed by atoms with Gasteiger partial charge >= 0.3 is 0 Å². The molecule has 0 unspecified atom stereocenters. The molecule has 1 spiro atoms. The summed E-state index contributed by atoms with van der Waals surface area (Å²) in [6.45, 7) is 4.99. The number of aliphatic hydroxyl groups is 1. The second kappa shape index (κ2) is 10.1. The number of anilines is 3. The third-order valence-electron chi connectivity index (χ3n) is 7.43. The smallest absolute Gasteiger partial charge is 0.258 e. The molecule has 0 bridgehead atoms. The maximum absolute atomic E-state index is 13.4. The third-order valence-corrected chi connectivity index (χ3v) is 8.70. The fraction of sp³-hybridized carbons (Fsp3) is 0.538. The van der Waals surface area contributed by atoms with E-state index in [9.17, 15) is 13.2 Å². The Balaban J connectivity index is 1.34. The standard InChI is InChI=1S/C26H34N4O6S/c1-25(16-35-17-25)18-36-23-4-2-3-22(27-23)28-24(32)20-6-5-19(29-37(33,34)14-13-31)15-21(20)30-11-9-26(7-8-26)10-12-30/h2-6,15,29,31H,7-14,16-18H2,1H3,(H,27,28,32). The maximum atomic E-state index is 13.4. The van der Waals surface area contributed by atoms with Crippen molar-refractivity contribution in [1.82, 2.24) is 4.98 Å². The highest BCUT2D eigenvalue weighted by atomic mass is 32.2. The first-order valence-electron chi connectivity index (χ1n) is 12.7. The molecule has 1 aliphatic carbocycles. The number of piperidine rings is 1. The van der Waals surface area contributed by atoms with Crippen LogP contribution in [0.4, 0.5) is 17.2 Å². The number of ether oxygens (including phenoxy) is 2. The summed E-state index contributed by atoms with van der Waals surface area (Å²) in [7, 11) is -3.69. The van der Waals surface area contributed by atoms with E-state index in [-0.39, 0.29) is 11.3 Å². The number of benzene rings is 1. The van der Waals surface area contributed by atoms with E-state index in [0.717, 1.165) is 25.9 Å². The molecule has 10 nitrogen and oxygen atoms in total. The van der Waals surface area contributed by atoms with Crippen LogP contribution in [0.1, 0.15) is 43.0 Å². The van der Waals surface area contributed by atoms with Gasteiger partial charge in [0.05, 0.1) is 49.1 Å². The topological polar surface area (TPSA) is 130 Å². The molecule has 3 fully saturated rings. The van der Waals surface area contributed by atoms with Gasteiger partial charge in [0.15, 0.2) is 0 Å². The zero-order valence-electron chi connectivity index (χ0n) is 21.0. The summed E-state index contributed by atoms with van der Waals surface area (Å²) in [4.78, 5) is 20.0. The van der Waals surface area contributed by atoms with Gasteiger partial charge in [-0.05, 0) is 55.4 Å². The molecule has 11 heteroatoms. The number of sulfonamides is 1. The van der Waals surface area contributed by atoms with E-state index >= 15 is 0 Å². The van der Waals surface area contributed by atoms with Crippen LogP contribution in [0.3, 0.4) is 0 Å². The van der Waals surface area contributed by atoms with Gasteiger partial charge in [-0.3, -0.25) is 9.52 Å². The second-order valence-corrected chi connectivity index (χ2v) is 12.6. The number of aliphatic hydroxyl groups excluding tert-OH is 1. The molecule has 37 heavy (non-hydrogen) atoms. The Morgan fingerprint density at radius 1 is 1.16 bits per heavy atom. The van der Waals surface area contributed by atoms with Gasteiger partial charge < -0.3 is 24.8 Å². The lowest BCUT2D eigenvalue weighted by Crippen LogP contribution is -2.44. The van der Waals surface area contributed by atoms with E-state index in [1.54, 1.807) is 36.4 Å². The minimum atomic E-state index is -3.69. The van der Waals surface area contributed by atoms with E-state index in [2.05, 4.69) is 26.8 Å². The van der Waals surface area contributed by atoms with Crippen LogP contribution < -0.4 is 19.7 Å². The summed E-state index contributed by atoms with van der Waals surface area (Å²) in [5, 5.41) is 11.9. The number of aromatic nitrogens is 1. The first-order chi connectivity index (χ1) is 17.7. The lowest BCUT2D eigenvalue weighted by atomic mass is 9.90. The van der Waals surface area contributed by atoms with Crippen LogP contribution in [-0.2, 0) is 14.8 Å². The van der Waals surface area contributed by atoms with Gasteiger partial charge in [-0.25, -0.2) is 8.42 Å². The molecule has 3 N–H and O–H groups in total. The quantitative estimate of drug-likeness (QED) is 0.428. The zero-order valence-corrected chi connectivity index (χ0v) is 21.8. The van der Waals surface area contributed by atoms with Crippen molar-refractivity contribution in [2.24, 2.45) is 10.8 Å². The van der Waals surface area contributed by atoms with Gasteiger partial charge in [0.25, 0.3) is 5.91 Å². The first kappa shape index (κ1) is 25.7. The van der Waals surface area contributed by atoms with Crippen LogP contribution in [0, 0.1) is 10.8 Å². The fourth-order valence-electron chi connectivity index (χ4n) is 4.83. The van der Waals surface area contributed by atoms with Crippen molar-refractivity contribution in [3.63, 3.8) is 0 Å². The number of hydrogen-bond donors (Lipinski definition) is 3. The lowest BCUT2D eigenvalue weighted by Gasteiger charge is -2.37. The summed E-state index contributed by atoms with van der Waals surface area (Å²) >= 11 is 0. The van der Waals surface area contributed by atoms with Gasteiger partial charge in [0, 0.05) is 24.6 Å². The number of carbonyl (C=O) groups excluding carboxylic acids is 1. The number of amides is 1. The van der Waals surface area contributed by atoms with E-state index in [1.165, 1.54) is 12.8 Å². The Bertz CT molecular complexity index is 1250. The molecular weight excluding hydrogens is 496 g/mol. The van der Waals surface area contributed by atoms with E-state index in [0.29, 0.717) is 53.9 Å². The molecule has 2 aliphatic heterocycles. The average Bonchev–Trinajstić information content (AvgIpc) is 3.60. The predicted octanol–water partition coefficient (Wildman–Crippen LogP) is 2.86. The van der Waals surface area contributed by atoms with E-state index < -0.39 is 22.4 Å². The van der Waals surface area contributed by atoms with Crippen molar-refractivity contribution in [2.45, 2.75) is 32.6 Å². The van der Waals surface area contributed by atoms with Crippen LogP contribution in [0.5, 0.6) is 5.88 Å². The second-order valence-electron chi connectivity index (χ2n) is 10.8.